The molecule has 0 aliphatic carbocycles. The summed E-state index contributed by atoms with van der Waals surface area (Å²) < 4.78 is 0. The van der Waals surface area contributed by atoms with Gasteiger partial charge >= 0.3 is 0 Å². The van der Waals surface area contributed by atoms with Crippen molar-refractivity contribution in [3.8, 4) is 0 Å². The van der Waals surface area contributed by atoms with Gasteiger partial charge in [-0.3, -0.25) is 19.7 Å². The van der Waals surface area contributed by atoms with E-state index >= 15 is 0 Å². The number of rotatable bonds is 5. The van der Waals surface area contributed by atoms with Crippen molar-refractivity contribution in [2.24, 2.45) is 0 Å². The fraction of sp³-hybridized carbons (Fsp3) is 0.500. The summed E-state index contributed by atoms with van der Waals surface area (Å²) in [5.74, 6) is -0.481. The van der Waals surface area contributed by atoms with E-state index in [4.69, 9.17) is 4.84 Å². The second-order valence-corrected chi connectivity index (χ2v) is 4.87. The van der Waals surface area contributed by atoms with Crippen LogP contribution in [0.3, 0.4) is 0 Å². The highest BCUT2D eigenvalue weighted by Gasteiger charge is 2.23. The molecule has 1 fully saturated rings. The minimum Gasteiger partial charge on any atom is -0.366 e. The van der Waals surface area contributed by atoms with Gasteiger partial charge in [-0.2, -0.15) is 0 Å². The summed E-state index contributed by atoms with van der Waals surface area (Å²) in [6.45, 7) is 3.69. The van der Waals surface area contributed by atoms with Crippen molar-refractivity contribution in [2.75, 3.05) is 24.6 Å². The van der Waals surface area contributed by atoms with Crippen LogP contribution < -0.4 is 10.4 Å². The molecule has 0 unspecified atom stereocenters. The van der Waals surface area contributed by atoms with Crippen LogP contribution >= 0.6 is 0 Å². The number of carbonyl (C=O) groups is 1. The molecule has 2 rings (SSSR count). The first kappa shape index (κ1) is 15.2. The molecule has 7 nitrogen and oxygen atoms in total. The number of nitrogens with one attached hydrogen (secondary N) is 1. The van der Waals surface area contributed by atoms with Gasteiger partial charge in [0.05, 0.1) is 11.5 Å². The summed E-state index contributed by atoms with van der Waals surface area (Å²) in [7, 11) is 0. The smallest absolute Gasteiger partial charge is 0.293 e. The highest BCUT2D eigenvalue weighted by molar-refractivity contribution is 5.95. The molecule has 1 saturated heterocycles. The fourth-order valence-electron chi connectivity index (χ4n) is 2.41. The Morgan fingerprint density at radius 2 is 2.10 bits per heavy atom. The van der Waals surface area contributed by atoms with Crippen LogP contribution in [0.2, 0.25) is 0 Å². The molecule has 0 spiro atoms. The van der Waals surface area contributed by atoms with Gasteiger partial charge in [-0.05, 0) is 38.3 Å². The first-order valence-electron chi connectivity index (χ1n) is 7.09. The normalized spacial score (nSPS) is 14.8. The average Bonchev–Trinajstić information content (AvgIpc) is 2.52. The molecule has 1 aliphatic rings. The lowest BCUT2D eigenvalue weighted by Crippen LogP contribution is -2.30. The topological polar surface area (TPSA) is 84.7 Å². The summed E-state index contributed by atoms with van der Waals surface area (Å²) in [6.07, 6.45) is 3.21. The van der Waals surface area contributed by atoms with Crippen LogP contribution in [0.25, 0.3) is 0 Å². The molecule has 1 aliphatic heterocycles. The molecule has 1 heterocycles. The Morgan fingerprint density at radius 1 is 1.38 bits per heavy atom. The van der Waals surface area contributed by atoms with Gasteiger partial charge in [-0.15, -0.1) is 0 Å². The van der Waals surface area contributed by atoms with Crippen LogP contribution in [-0.2, 0) is 4.84 Å². The Hall–Kier alpha value is -2.15. The molecule has 0 radical (unpaired) electrons. The third-order valence-electron chi connectivity index (χ3n) is 3.44. The maximum atomic E-state index is 11.8. The number of benzene rings is 1. The van der Waals surface area contributed by atoms with E-state index in [0.29, 0.717) is 12.3 Å². The Kier molecular flexibility index (Phi) is 5.10. The van der Waals surface area contributed by atoms with Crippen molar-refractivity contribution in [1.29, 1.82) is 0 Å². The summed E-state index contributed by atoms with van der Waals surface area (Å²) in [6, 6.07) is 4.54. The Balaban J connectivity index is 2.26. The molecule has 1 aromatic carbocycles. The standard InChI is InChI=1S/C14H19N3O4/c1-2-21-15-14(18)11-6-7-12(13(10-11)17(19)20)16-8-4-3-5-9-16/h6-7,10H,2-5,8-9H2,1H3,(H,15,18). The van der Waals surface area contributed by atoms with E-state index in [1.807, 2.05) is 4.90 Å². The number of nitro groups is 1. The number of nitrogens with zero attached hydrogens (tertiary/aromatic N) is 2. The van der Waals surface area contributed by atoms with Gasteiger partial charge in [-0.25, -0.2) is 5.48 Å². The summed E-state index contributed by atoms with van der Waals surface area (Å²) >= 11 is 0. The second-order valence-electron chi connectivity index (χ2n) is 4.87. The number of nitro benzene ring substituents is 1. The summed E-state index contributed by atoms with van der Waals surface area (Å²) in [5.41, 5.74) is 2.99. The van der Waals surface area contributed by atoms with Crippen molar-refractivity contribution in [3.63, 3.8) is 0 Å². The second kappa shape index (κ2) is 7.03. The molecule has 1 aromatic rings. The third-order valence-corrected chi connectivity index (χ3v) is 3.44. The van der Waals surface area contributed by atoms with Gasteiger partial charge in [-0.1, -0.05) is 0 Å². The van der Waals surface area contributed by atoms with Crippen molar-refractivity contribution in [2.45, 2.75) is 26.2 Å². The van der Waals surface area contributed by atoms with Crippen LogP contribution in [0.15, 0.2) is 18.2 Å². The minimum atomic E-state index is -0.481. The predicted molar refractivity (Wildman–Crippen MR) is 78.3 cm³/mol. The lowest BCUT2D eigenvalue weighted by atomic mass is 10.1. The Labute approximate surface area is 123 Å². The maximum absolute atomic E-state index is 11.8. The molecule has 114 valence electrons. The van der Waals surface area contributed by atoms with Crippen molar-refractivity contribution in [1.82, 2.24) is 5.48 Å². The van der Waals surface area contributed by atoms with Crippen LogP contribution in [0.1, 0.15) is 36.5 Å². The zero-order chi connectivity index (χ0) is 15.2. The highest BCUT2D eigenvalue weighted by Crippen LogP contribution is 2.31. The van der Waals surface area contributed by atoms with E-state index in [2.05, 4.69) is 5.48 Å². The molecule has 0 saturated carbocycles. The first-order valence-corrected chi connectivity index (χ1v) is 7.09. The van der Waals surface area contributed by atoms with Crippen LogP contribution in [0, 0.1) is 10.1 Å². The van der Waals surface area contributed by atoms with Crippen LogP contribution in [0.5, 0.6) is 0 Å². The SMILES string of the molecule is CCONC(=O)c1ccc(N2CCCCC2)c([N+](=O)[O-])c1. The molecule has 1 amide bonds. The number of hydroxylamine groups is 1. The van der Waals surface area contributed by atoms with E-state index in [0.717, 1.165) is 32.4 Å². The van der Waals surface area contributed by atoms with Gasteiger partial charge in [0.25, 0.3) is 11.6 Å². The molecule has 7 heteroatoms. The maximum Gasteiger partial charge on any atom is 0.293 e. The fourth-order valence-corrected chi connectivity index (χ4v) is 2.41. The van der Waals surface area contributed by atoms with Crippen LogP contribution in [0.4, 0.5) is 11.4 Å². The average molecular weight is 293 g/mol. The van der Waals surface area contributed by atoms with Gasteiger partial charge in [0.15, 0.2) is 0 Å². The van der Waals surface area contributed by atoms with E-state index < -0.39 is 10.8 Å². The van der Waals surface area contributed by atoms with E-state index in [1.165, 1.54) is 6.07 Å². The number of piperidine rings is 1. The van der Waals surface area contributed by atoms with E-state index in [9.17, 15) is 14.9 Å². The Bertz CT molecular complexity index is 527. The van der Waals surface area contributed by atoms with Gasteiger partial charge in [0, 0.05) is 24.7 Å². The highest BCUT2D eigenvalue weighted by atomic mass is 16.6. The largest absolute Gasteiger partial charge is 0.366 e. The molecular weight excluding hydrogens is 274 g/mol. The quantitative estimate of drug-likeness (QED) is 0.665. The van der Waals surface area contributed by atoms with E-state index in [-0.39, 0.29) is 11.3 Å². The number of amides is 1. The molecule has 21 heavy (non-hydrogen) atoms. The molecule has 0 aromatic heterocycles. The molecule has 0 bridgehead atoms. The third kappa shape index (κ3) is 3.69. The minimum absolute atomic E-state index is 0.0407. The molecule has 0 atom stereocenters. The first-order chi connectivity index (χ1) is 10.1. The van der Waals surface area contributed by atoms with Gasteiger partial charge < -0.3 is 4.90 Å². The van der Waals surface area contributed by atoms with Crippen molar-refractivity contribution >= 4 is 17.3 Å². The lowest BCUT2D eigenvalue weighted by molar-refractivity contribution is -0.384. The summed E-state index contributed by atoms with van der Waals surface area (Å²) in [5, 5.41) is 11.3. The van der Waals surface area contributed by atoms with Gasteiger partial charge in [0.1, 0.15) is 5.69 Å². The zero-order valence-electron chi connectivity index (χ0n) is 12.0. The lowest BCUT2D eigenvalue weighted by Gasteiger charge is -2.28. The van der Waals surface area contributed by atoms with Crippen molar-refractivity contribution in [3.05, 3.63) is 33.9 Å². The number of hydrogen-bond donors (Lipinski definition) is 1. The van der Waals surface area contributed by atoms with Crippen molar-refractivity contribution < 1.29 is 14.6 Å². The number of anilines is 1. The zero-order valence-corrected chi connectivity index (χ0v) is 12.0. The molecular formula is C14H19N3O4. The summed E-state index contributed by atoms with van der Waals surface area (Å²) in [4.78, 5) is 29.4. The number of hydrogen-bond acceptors (Lipinski definition) is 5. The Morgan fingerprint density at radius 3 is 2.71 bits per heavy atom. The van der Waals surface area contributed by atoms with Gasteiger partial charge in [0.2, 0.25) is 0 Å². The molecule has 1 N–H and O–H groups in total. The van der Waals surface area contributed by atoms with Crippen LogP contribution in [-0.4, -0.2) is 30.5 Å². The predicted octanol–water partition coefficient (Wildman–Crippen LogP) is 2.27. The van der Waals surface area contributed by atoms with E-state index in [1.54, 1.807) is 19.1 Å². The monoisotopic (exact) mass is 293 g/mol. The number of carbonyl (C=O) groups excluding carboxylic acids is 1.